The Morgan fingerprint density at radius 2 is 1.91 bits per heavy atom. The molecule has 0 radical (unpaired) electrons. The van der Waals surface area contributed by atoms with E-state index in [2.05, 4.69) is 5.32 Å². The lowest BCUT2D eigenvalue weighted by Gasteiger charge is -2.27. The normalized spacial score (nSPS) is 18.7. The molecule has 0 aliphatic carbocycles. The molecule has 1 aliphatic heterocycles. The van der Waals surface area contributed by atoms with Gasteiger partial charge in [-0.05, 0) is 30.5 Å². The van der Waals surface area contributed by atoms with Crippen LogP contribution >= 0.6 is 0 Å². The number of phenols is 1. The summed E-state index contributed by atoms with van der Waals surface area (Å²) >= 11 is 0. The van der Waals surface area contributed by atoms with E-state index >= 15 is 0 Å². The number of primary amides is 1. The van der Waals surface area contributed by atoms with Crippen LogP contribution in [-0.2, 0) is 9.59 Å². The van der Waals surface area contributed by atoms with Gasteiger partial charge in [0.25, 0.3) is 5.91 Å². The number of benzene rings is 1. The molecule has 8 nitrogen and oxygen atoms in total. The van der Waals surface area contributed by atoms with Crippen LogP contribution in [0.5, 0.6) is 5.75 Å². The van der Waals surface area contributed by atoms with Crippen molar-refractivity contribution in [3.05, 3.63) is 29.8 Å². The highest BCUT2D eigenvalue weighted by molar-refractivity contribution is 5.91. The first-order valence-corrected chi connectivity index (χ1v) is 6.78. The van der Waals surface area contributed by atoms with Crippen LogP contribution in [0.1, 0.15) is 24.4 Å². The van der Waals surface area contributed by atoms with Gasteiger partial charge in [-0.3, -0.25) is 9.59 Å². The zero-order valence-electron chi connectivity index (χ0n) is 11.7. The molecule has 1 aliphatic rings. The summed E-state index contributed by atoms with van der Waals surface area (Å²) in [6, 6.07) is 3.73. The van der Waals surface area contributed by atoms with Gasteiger partial charge in [0.2, 0.25) is 5.91 Å². The maximum atomic E-state index is 12.6. The number of aromatic hydroxyl groups is 1. The van der Waals surface area contributed by atoms with Crippen LogP contribution in [0.3, 0.4) is 0 Å². The molecule has 1 aromatic carbocycles. The van der Waals surface area contributed by atoms with Crippen molar-refractivity contribution >= 4 is 17.9 Å². The lowest BCUT2D eigenvalue weighted by molar-refractivity contribution is -0.139. The van der Waals surface area contributed by atoms with E-state index in [4.69, 9.17) is 10.8 Å². The molecule has 2 rings (SSSR count). The number of rotatable bonds is 4. The summed E-state index contributed by atoms with van der Waals surface area (Å²) in [5, 5.41) is 20.4. The van der Waals surface area contributed by atoms with Crippen molar-refractivity contribution in [3.63, 3.8) is 0 Å². The monoisotopic (exact) mass is 307 g/mol. The van der Waals surface area contributed by atoms with Crippen LogP contribution in [0.2, 0.25) is 0 Å². The maximum Gasteiger partial charge on any atom is 0.405 e. The molecule has 1 heterocycles. The number of hydrogen-bond donors (Lipinski definition) is 4. The third kappa shape index (κ3) is 3.27. The second-order valence-corrected chi connectivity index (χ2v) is 5.07. The Morgan fingerprint density at radius 1 is 1.27 bits per heavy atom. The van der Waals surface area contributed by atoms with Crippen molar-refractivity contribution < 1.29 is 24.6 Å². The van der Waals surface area contributed by atoms with E-state index in [9.17, 15) is 19.5 Å². The number of amides is 3. The van der Waals surface area contributed by atoms with E-state index in [-0.39, 0.29) is 5.75 Å². The van der Waals surface area contributed by atoms with Crippen molar-refractivity contribution in [1.29, 1.82) is 0 Å². The molecule has 0 aromatic heterocycles. The van der Waals surface area contributed by atoms with Crippen molar-refractivity contribution in [2.75, 3.05) is 6.54 Å². The molecule has 2 atom stereocenters. The summed E-state index contributed by atoms with van der Waals surface area (Å²) in [6.07, 6.45) is -0.258. The average molecular weight is 307 g/mol. The molecular weight excluding hydrogens is 290 g/mol. The summed E-state index contributed by atoms with van der Waals surface area (Å²) in [5.74, 6) is -1.14. The molecule has 3 amide bonds. The zero-order chi connectivity index (χ0) is 16.3. The Bertz CT molecular complexity index is 587. The molecule has 8 heteroatoms. The fourth-order valence-electron chi connectivity index (χ4n) is 2.57. The molecule has 0 spiro atoms. The summed E-state index contributed by atoms with van der Waals surface area (Å²) in [4.78, 5) is 36.3. The largest absolute Gasteiger partial charge is 0.508 e. The summed E-state index contributed by atoms with van der Waals surface area (Å²) in [7, 11) is 0. The van der Waals surface area contributed by atoms with E-state index in [1.54, 1.807) is 0 Å². The predicted molar refractivity (Wildman–Crippen MR) is 75.9 cm³/mol. The maximum absolute atomic E-state index is 12.6. The third-order valence-corrected chi connectivity index (χ3v) is 3.61. The van der Waals surface area contributed by atoms with Gasteiger partial charge in [0.15, 0.2) is 0 Å². The number of hydrogen-bond acceptors (Lipinski definition) is 4. The van der Waals surface area contributed by atoms with Gasteiger partial charge >= 0.3 is 6.09 Å². The van der Waals surface area contributed by atoms with Gasteiger partial charge in [-0.25, -0.2) is 4.79 Å². The van der Waals surface area contributed by atoms with E-state index in [0.29, 0.717) is 24.9 Å². The molecule has 1 saturated heterocycles. The minimum absolute atomic E-state index is 0.00135. The molecule has 1 aromatic rings. The van der Waals surface area contributed by atoms with Crippen molar-refractivity contribution in [2.45, 2.75) is 24.9 Å². The number of likely N-dealkylation sites (tertiary alicyclic amines) is 1. The number of phenolic OH excluding ortho intramolecular Hbond substituents is 1. The molecular formula is C14H17N3O5. The molecule has 5 N–H and O–H groups in total. The molecule has 0 saturated carbocycles. The fourth-order valence-corrected chi connectivity index (χ4v) is 2.57. The highest BCUT2D eigenvalue weighted by Gasteiger charge is 2.37. The first-order chi connectivity index (χ1) is 10.4. The molecule has 22 heavy (non-hydrogen) atoms. The van der Waals surface area contributed by atoms with Crippen LogP contribution in [0.4, 0.5) is 4.79 Å². The van der Waals surface area contributed by atoms with E-state index in [1.807, 2.05) is 0 Å². The van der Waals surface area contributed by atoms with E-state index < -0.39 is 30.0 Å². The summed E-state index contributed by atoms with van der Waals surface area (Å²) < 4.78 is 0. The Kier molecular flexibility index (Phi) is 4.50. The zero-order valence-corrected chi connectivity index (χ0v) is 11.7. The van der Waals surface area contributed by atoms with Crippen LogP contribution < -0.4 is 11.1 Å². The number of nitrogens with two attached hydrogens (primary N) is 1. The van der Waals surface area contributed by atoms with Gasteiger partial charge in [0.05, 0.1) is 0 Å². The average Bonchev–Trinajstić information content (AvgIpc) is 2.94. The van der Waals surface area contributed by atoms with Crippen molar-refractivity contribution in [3.8, 4) is 5.75 Å². The second kappa shape index (κ2) is 6.33. The lowest BCUT2D eigenvalue weighted by atomic mass is 10.0. The Morgan fingerprint density at radius 3 is 2.45 bits per heavy atom. The second-order valence-electron chi connectivity index (χ2n) is 5.07. The Hall–Kier alpha value is -2.77. The third-order valence-electron chi connectivity index (χ3n) is 3.61. The minimum Gasteiger partial charge on any atom is -0.508 e. The predicted octanol–water partition coefficient (Wildman–Crippen LogP) is 0.177. The highest BCUT2D eigenvalue weighted by atomic mass is 16.4. The molecule has 2 unspecified atom stereocenters. The minimum atomic E-state index is -1.36. The van der Waals surface area contributed by atoms with Gasteiger partial charge in [-0.1, -0.05) is 12.1 Å². The smallest absolute Gasteiger partial charge is 0.405 e. The highest BCUT2D eigenvalue weighted by Crippen LogP contribution is 2.24. The van der Waals surface area contributed by atoms with Crippen LogP contribution in [0.25, 0.3) is 0 Å². The van der Waals surface area contributed by atoms with E-state index in [1.165, 1.54) is 29.2 Å². The number of carbonyl (C=O) groups is 3. The van der Waals surface area contributed by atoms with E-state index in [0.717, 1.165) is 0 Å². The SMILES string of the molecule is NC(=O)C1CCCN1C(=O)C(NC(=O)O)c1ccc(O)cc1. The summed E-state index contributed by atoms with van der Waals surface area (Å²) in [6.45, 7) is 0.350. The standard InChI is InChI=1S/C14H17N3O5/c15-12(19)10-2-1-7-17(10)13(20)11(16-14(21)22)8-3-5-9(18)6-4-8/h3-6,10-11,16,18H,1-2,7H2,(H2,15,19)(H,21,22). The quantitative estimate of drug-likeness (QED) is 0.629. The van der Waals surface area contributed by atoms with Gasteiger partial charge in [-0.2, -0.15) is 0 Å². The van der Waals surface area contributed by atoms with Crippen molar-refractivity contribution in [1.82, 2.24) is 10.2 Å². The Labute approximate surface area is 126 Å². The number of carboxylic acid groups (broad SMARTS) is 1. The lowest BCUT2D eigenvalue weighted by Crippen LogP contribution is -2.48. The molecule has 0 bridgehead atoms. The summed E-state index contributed by atoms with van der Waals surface area (Å²) in [5.41, 5.74) is 5.66. The van der Waals surface area contributed by atoms with Gasteiger partial charge < -0.3 is 26.2 Å². The van der Waals surface area contributed by atoms with Gasteiger partial charge in [-0.15, -0.1) is 0 Å². The number of carbonyl (C=O) groups excluding carboxylic acids is 2. The Balaban J connectivity index is 2.28. The fraction of sp³-hybridized carbons (Fsp3) is 0.357. The molecule has 118 valence electrons. The van der Waals surface area contributed by atoms with Gasteiger partial charge in [0.1, 0.15) is 17.8 Å². The first-order valence-electron chi connectivity index (χ1n) is 6.78. The number of nitrogens with one attached hydrogen (secondary N) is 1. The number of nitrogens with zero attached hydrogens (tertiary/aromatic N) is 1. The topological polar surface area (TPSA) is 133 Å². The van der Waals surface area contributed by atoms with Crippen LogP contribution in [-0.4, -0.2) is 45.6 Å². The van der Waals surface area contributed by atoms with Gasteiger partial charge in [0, 0.05) is 6.54 Å². The van der Waals surface area contributed by atoms with Crippen molar-refractivity contribution in [2.24, 2.45) is 5.73 Å². The molecule has 1 fully saturated rings. The van der Waals surface area contributed by atoms with Crippen LogP contribution in [0, 0.1) is 0 Å². The first kappa shape index (κ1) is 15.6. The van der Waals surface area contributed by atoms with Crippen LogP contribution in [0.15, 0.2) is 24.3 Å².